The molecule has 0 aromatic carbocycles. The number of hydrogen-bond donors (Lipinski definition) is 2. The molecule has 0 aliphatic carbocycles. The first kappa shape index (κ1) is 22.9. The summed E-state index contributed by atoms with van der Waals surface area (Å²) >= 11 is 0. The molecule has 0 rings (SSSR count). The normalized spacial score (nSPS) is 14.7. The molecule has 7 heteroatoms. The maximum absolute atomic E-state index is 11.7. The van der Waals surface area contributed by atoms with E-state index in [1.807, 2.05) is 0 Å². The lowest BCUT2D eigenvalue weighted by molar-refractivity contribution is -0.154. The summed E-state index contributed by atoms with van der Waals surface area (Å²) < 4.78 is 10.2. The molecule has 0 aromatic rings. The van der Waals surface area contributed by atoms with Crippen molar-refractivity contribution < 1.29 is 29.0 Å². The molecule has 7 nitrogen and oxygen atoms in total. The molecule has 25 heavy (non-hydrogen) atoms. The topological polar surface area (TPSA) is 102 Å². The summed E-state index contributed by atoms with van der Waals surface area (Å²) in [5.74, 6) is -2.20. The Kier molecular flexibility index (Phi) is 8.66. The first-order valence-electron chi connectivity index (χ1n) is 8.30. The maximum atomic E-state index is 11.7. The van der Waals surface area contributed by atoms with Crippen LogP contribution >= 0.6 is 0 Å². The van der Waals surface area contributed by atoms with Crippen molar-refractivity contribution in [3.8, 4) is 0 Å². The van der Waals surface area contributed by atoms with E-state index in [1.165, 1.54) is 6.08 Å². The minimum Gasteiger partial charge on any atom is -0.481 e. The second kappa shape index (κ2) is 9.44. The van der Waals surface area contributed by atoms with Gasteiger partial charge in [0.2, 0.25) is 0 Å². The molecular formula is C18H31NO6. The number of amides is 1. The molecule has 0 aliphatic heterocycles. The van der Waals surface area contributed by atoms with Crippen LogP contribution in [0.15, 0.2) is 12.2 Å². The summed E-state index contributed by atoms with van der Waals surface area (Å²) in [6, 6.07) is -0.395. The number of rotatable bonds is 7. The third kappa shape index (κ3) is 11.2. The molecule has 2 N–H and O–H groups in total. The van der Waals surface area contributed by atoms with Crippen LogP contribution < -0.4 is 5.32 Å². The van der Waals surface area contributed by atoms with Crippen LogP contribution in [-0.2, 0) is 19.1 Å². The lowest BCUT2D eigenvalue weighted by Gasteiger charge is -2.21. The number of carboxylic acids is 1. The molecule has 0 saturated heterocycles. The molecule has 2 atom stereocenters. The van der Waals surface area contributed by atoms with Crippen LogP contribution in [0.2, 0.25) is 0 Å². The molecule has 1 amide bonds. The van der Waals surface area contributed by atoms with Gasteiger partial charge in [0.1, 0.15) is 5.60 Å². The van der Waals surface area contributed by atoms with E-state index in [0.717, 1.165) is 0 Å². The van der Waals surface area contributed by atoms with Crippen LogP contribution in [0.25, 0.3) is 0 Å². The summed E-state index contributed by atoms with van der Waals surface area (Å²) in [6.07, 6.45) is 2.65. The second-order valence-electron chi connectivity index (χ2n) is 7.94. The Balaban J connectivity index is 4.51. The van der Waals surface area contributed by atoms with Gasteiger partial charge in [-0.05, 0) is 54.9 Å². The number of aliphatic carboxylic acids is 1. The molecule has 144 valence electrons. The predicted molar refractivity (Wildman–Crippen MR) is 94.1 cm³/mol. The van der Waals surface area contributed by atoms with Crippen molar-refractivity contribution in [2.45, 2.75) is 66.5 Å². The molecule has 0 fully saturated rings. The van der Waals surface area contributed by atoms with E-state index in [2.05, 4.69) is 5.32 Å². The third-order valence-corrected chi connectivity index (χ3v) is 2.97. The number of nitrogens with one attached hydrogen (secondary N) is 1. The number of alkyl carbamates (subject to hydrolysis) is 1. The Morgan fingerprint density at radius 2 is 1.64 bits per heavy atom. The molecule has 0 bridgehead atoms. The number of hydrogen-bond acceptors (Lipinski definition) is 5. The van der Waals surface area contributed by atoms with Crippen LogP contribution in [0.5, 0.6) is 0 Å². The maximum Gasteiger partial charge on any atom is 0.408 e. The number of carbonyl (C=O) groups is 3. The van der Waals surface area contributed by atoms with E-state index in [-0.39, 0.29) is 19.0 Å². The van der Waals surface area contributed by atoms with Gasteiger partial charge in [0.05, 0.1) is 17.9 Å². The highest BCUT2D eigenvalue weighted by Gasteiger charge is 2.24. The fourth-order valence-corrected chi connectivity index (χ4v) is 1.64. The highest BCUT2D eigenvalue weighted by atomic mass is 16.6. The van der Waals surface area contributed by atoms with Crippen molar-refractivity contribution in [1.82, 2.24) is 5.32 Å². The smallest absolute Gasteiger partial charge is 0.408 e. The number of ether oxygens (including phenoxy) is 2. The van der Waals surface area contributed by atoms with Gasteiger partial charge in [-0.25, -0.2) is 4.79 Å². The summed E-state index contributed by atoms with van der Waals surface area (Å²) in [5, 5.41) is 11.8. The average Bonchev–Trinajstić information content (AvgIpc) is 2.38. The zero-order valence-electron chi connectivity index (χ0n) is 16.2. The van der Waals surface area contributed by atoms with Gasteiger partial charge in [0.25, 0.3) is 0 Å². The highest BCUT2D eigenvalue weighted by Crippen LogP contribution is 2.16. The third-order valence-electron chi connectivity index (χ3n) is 2.97. The van der Waals surface area contributed by atoms with Gasteiger partial charge >= 0.3 is 18.0 Å². The number of carboxylic acid groups (broad SMARTS) is 1. The van der Waals surface area contributed by atoms with Gasteiger partial charge in [0.15, 0.2) is 0 Å². The van der Waals surface area contributed by atoms with E-state index in [0.29, 0.717) is 0 Å². The summed E-state index contributed by atoms with van der Waals surface area (Å²) in [4.78, 5) is 34.6. The van der Waals surface area contributed by atoms with Gasteiger partial charge in [-0.1, -0.05) is 12.2 Å². The van der Waals surface area contributed by atoms with Crippen molar-refractivity contribution in [3.05, 3.63) is 12.2 Å². The van der Waals surface area contributed by atoms with Crippen molar-refractivity contribution in [1.29, 1.82) is 0 Å². The van der Waals surface area contributed by atoms with Crippen molar-refractivity contribution >= 4 is 18.0 Å². The minimum atomic E-state index is -1.02. The van der Waals surface area contributed by atoms with Gasteiger partial charge in [0, 0.05) is 6.04 Å². The minimum absolute atomic E-state index is 0.0191. The molecular weight excluding hydrogens is 326 g/mol. The first-order valence-corrected chi connectivity index (χ1v) is 8.30. The molecule has 0 aliphatic rings. The van der Waals surface area contributed by atoms with Crippen molar-refractivity contribution in [3.63, 3.8) is 0 Å². The van der Waals surface area contributed by atoms with Crippen LogP contribution in [-0.4, -0.2) is 41.4 Å². The van der Waals surface area contributed by atoms with E-state index < -0.39 is 35.0 Å². The van der Waals surface area contributed by atoms with Gasteiger partial charge in [-0.2, -0.15) is 0 Å². The van der Waals surface area contributed by atoms with E-state index in [1.54, 1.807) is 54.5 Å². The van der Waals surface area contributed by atoms with Crippen molar-refractivity contribution in [2.75, 3.05) is 6.61 Å². The first-order chi connectivity index (χ1) is 11.2. The molecule has 0 aromatic heterocycles. The van der Waals surface area contributed by atoms with E-state index in [4.69, 9.17) is 9.47 Å². The largest absolute Gasteiger partial charge is 0.481 e. The summed E-state index contributed by atoms with van der Waals surface area (Å²) in [5.41, 5.74) is -1.23. The fraction of sp³-hybridized carbons (Fsp3) is 0.722. The Hall–Kier alpha value is -2.05. The fourth-order valence-electron chi connectivity index (χ4n) is 1.64. The van der Waals surface area contributed by atoms with E-state index in [9.17, 15) is 19.5 Å². The average molecular weight is 357 g/mol. The SMILES string of the molecule is C[C@@H](/C=C/[C@@H](CCOC(=O)C(C)(C)C)C(=O)O)NC(=O)OC(C)(C)C. The quantitative estimate of drug-likeness (QED) is 0.536. The summed E-state index contributed by atoms with van der Waals surface area (Å²) in [6.45, 7) is 12.2. The summed E-state index contributed by atoms with van der Waals surface area (Å²) in [7, 11) is 0. The Labute approximate surface area is 149 Å². The predicted octanol–water partition coefficient (Wildman–Crippen LogP) is 3.14. The Bertz CT molecular complexity index is 499. The Morgan fingerprint density at radius 3 is 2.08 bits per heavy atom. The molecule has 0 heterocycles. The molecule has 0 radical (unpaired) electrons. The van der Waals surface area contributed by atoms with Crippen LogP contribution in [0.3, 0.4) is 0 Å². The monoisotopic (exact) mass is 357 g/mol. The van der Waals surface area contributed by atoms with Gasteiger partial charge in [-0.3, -0.25) is 9.59 Å². The van der Waals surface area contributed by atoms with Crippen molar-refractivity contribution in [2.24, 2.45) is 11.3 Å². The molecule has 0 saturated carbocycles. The van der Waals surface area contributed by atoms with Crippen LogP contribution in [0.4, 0.5) is 4.79 Å². The second-order valence-corrected chi connectivity index (χ2v) is 7.94. The van der Waals surface area contributed by atoms with Gasteiger partial charge < -0.3 is 19.9 Å². The highest BCUT2D eigenvalue weighted by molar-refractivity contribution is 5.75. The Morgan fingerprint density at radius 1 is 1.08 bits per heavy atom. The zero-order valence-corrected chi connectivity index (χ0v) is 16.2. The van der Waals surface area contributed by atoms with E-state index >= 15 is 0 Å². The lowest BCUT2D eigenvalue weighted by Crippen LogP contribution is -2.36. The number of esters is 1. The lowest BCUT2D eigenvalue weighted by atomic mass is 9.97. The number of carbonyl (C=O) groups excluding carboxylic acids is 2. The molecule has 0 unspecified atom stereocenters. The van der Waals surface area contributed by atoms with Crippen LogP contribution in [0.1, 0.15) is 54.9 Å². The molecule has 0 spiro atoms. The standard InChI is InChI=1S/C18H31NO6/c1-12(19-16(23)25-18(5,6)7)8-9-13(14(20)21)10-11-24-15(22)17(2,3)4/h8-9,12-13H,10-11H2,1-7H3,(H,19,23)(H,20,21)/b9-8+/t12-,13-/m0/s1. The van der Waals surface area contributed by atoms with Crippen LogP contribution in [0, 0.1) is 11.3 Å². The van der Waals surface area contributed by atoms with Gasteiger partial charge in [-0.15, -0.1) is 0 Å². The zero-order chi connectivity index (χ0) is 19.8.